The largest absolute Gasteiger partial charge is 0.467 e. The first-order valence-corrected chi connectivity index (χ1v) is 4.69. The molecule has 0 bridgehead atoms. The van der Waals surface area contributed by atoms with Crippen molar-refractivity contribution in [1.82, 2.24) is 0 Å². The molecule has 0 saturated carbocycles. The molecule has 1 aromatic rings. The monoisotopic (exact) mass is 209 g/mol. The summed E-state index contributed by atoms with van der Waals surface area (Å²) >= 11 is 0. The van der Waals surface area contributed by atoms with Gasteiger partial charge in [-0.25, -0.2) is 4.79 Å². The number of esters is 1. The summed E-state index contributed by atoms with van der Waals surface area (Å²) in [7, 11) is 1.29. The molecule has 15 heavy (non-hydrogen) atoms. The lowest BCUT2D eigenvalue weighted by atomic mass is 10.2. The van der Waals surface area contributed by atoms with Crippen molar-refractivity contribution in [3.8, 4) is 0 Å². The van der Waals surface area contributed by atoms with Gasteiger partial charge in [-0.1, -0.05) is 17.7 Å². The van der Waals surface area contributed by atoms with E-state index in [1.165, 1.54) is 7.11 Å². The number of aliphatic hydroxyl groups excluding tert-OH is 1. The number of methoxy groups -OCH3 is 1. The van der Waals surface area contributed by atoms with Crippen molar-refractivity contribution in [2.24, 2.45) is 0 Å². The van der Waals surface area contributed by atoms with Gasteiger partial charge in [-0.3, -0.25) is 0 Å². The molecular formula is C11H15NO3. The number of hydrogen-bond acceptors (Lipinski definition) is 4. The molecule has 1 rings (SSSR count). The average Bonchev–Trinajstić information content (AvgIpc) is 2.27. The maximum atomic E-state index is 11.2. The normalized spacial score (nSPS) is 11.9. The van der Waals surface area contributed by atoms with Crippen molar-refractivity contribution in [3.63, 3.8) is 0 Å². The Bertz CT molecular complexity index is 321. The molecule has 1 atom stereocenters. The van der Waals surface area contributed by atoms with Gasteiger partial charge in [0, 0.05) is 5.69 Å². The molecule has 0 aliphatic carbocycles. The highest BCUT2D eigenvalue weighted by atomic mass is 16.5. The van der Waals surface area contributed by atoms with Gasteiger partial charge in [-0.2, -0.15) is 0 Å². The topological polar surface area (TPSA) is 58.6 Å². The molecule has 4 heteroatoms. The molecule has 0 radical (unpaired) electrons. The van der Waals surface area contributed by atoms with Crippen LogP contribution in [0.15, 0.2) is 24.3 Å². The maximum Gasteiger partial charge on any atom is 0.330 e. The number of carbonyl (C=O) groups is 1. The first kappa shape index (κ1) is 11.5. The first-order chi connectivity index (χ1) is 7.17. The molecule has 2 N–H and O–H groups in total. The van der Waals surface area contributed by atoms with Crippen molar-refractivity contribution in [3.05, 3.63) is 29.8 Å². The molecule has 0 fully saturated rings. The van der Waals surface area contributed by atoms with Crippen molar-refractivity contribution in [2.75, 3.05) is 19.0 Å². The first-order valence-electron chi connectivity index (χ1n) is 4.69. The number of hydrogen-bond donors (Lipinski definition) is 2. The van der Waals surface area contributed by atoms with Crippen LogP contribution in [-0.4, -0.2) is 30.8 Å². The summed E-state index contributed by atoms with van der Waals surface area (Å²) in [6.07, 6.45) is 0. The van der Waals surface area contributed by atoms with Crippen LogP contribution in [-0.2, 0) is 9.53 Å². The molecule has 0 aromatic heterocycles. The van der Waals surface area contributed by atoms with Gasteiger partial charge in [-0.05, 0) is 19.1 Å². The fourth-order valence-corrected chi connectivity index (χ4v) is 1.17. The molecule has 0 aliphatic heterocycles. The molecule has 0 aliphatic rings. The van der Waals surface area contributed by atoms with Gasteiger partial charge in [0.2, 0.25) is 0 Å². The van der Waals surface area contributed by atoms with Gasteiger partial charge in [0.1, 0.15) is 6.04 Å². The zero-order valence-electron chi connectivity index (χ0n) is 8.86. The third kappa shape index (κ3) is 3.25. The van der Waals surface area contributed by atoms with Crippen LogP contribution in [0.25, 0.3) is 0 Å². The second-order valence-corrected chi connectivity index (χ2v) is 3.27. The summed E-state index contributed by atoms with van der Waals surface area (Å²) in [5.41, 5.74) is 1.92. The fourth-order valence-electron chi connectivity index (χ4n) is 1.17. The number of rotatable bonds is 4. The number of benzene rings is 1. The Morgan fingerprint density at radius 1 is 1.47 bits per heavy atom. The van der Waals surface area contributed by atoms with Crippen molar-refractivity contribution in [2.45, 2.75) is 13.0 Å². The van der Waals surface area contributed by atoms with E-state index >= 15 is 0 Å². The van der Waals surface area contributed by atoms with E-state index in [4.69, 9.17) is 5.11 Å². The summed E-state index contributed by atoms with van der Waals surface area (Å²) in [6.45, 7) is 1.69. The highest BCUT2D eigenvalue weighted by Crippen LogP contribution is 2.10. The Morgan fingerprint density at radius 2 is 2.07 bits per heavy atom. The number of carbonyl (C=O) groups excluding carboxylic acids is 1. The predicted molar refractivity (Wildman–Crippen MR) is 57.7 cm³/mol. The van der Waals surface area contributed by atoms with E-state index in [0.717, 1.165) is 11.3 Å². The molecule has 0 amide bonds. The number of ether oxygens (including phenoxy) is 1. The van der Waals surface area contributed by atoms with Crippen LogP contribution >= 0.6 is 0 Å². The van der Waals surface area contributed by atoms with Crippen LogP contribution in [0.3, 0.4) is 0 Å². The quantitative estimate of drug-likeness (QED) is 0.725. The minimum absolute atomic E-state index is 0.291. The zero-order chi connectivity index (χ0) is 11.3. The highest BCUT2D eigenvalue weighted by molar-refractivity contribution is 5.79. The Balaban J connectivity index is 2.66. The summed E-state index contributed by atoms with van der Waals surface area (Å²) < 4.78 is 4.54. The molecule has 0 heterocycles. The standard InChI is InChI=1S/C11H15NO3/c1-8-3-5-9(6-4-8)12-10(7-13)11(14)15-2/h3-6,10,12-13H,7H2,1-2H3. The Labute approximate surface area is 88.9 Å². The van der Waals surface area contributed by atoms with Gasteiger partial charge in [0.15, 0.2) is 0 Å². The van der Waals surface area contributed by atoms with Crippen LogP contribution in [0.1, 0.15) is 5.56 Å². The van der Waals surface area contributed by atoms with E-state index in [0.29, 0.717) is 0 Å². The Hall–Kier alpha value is -1.55. The van der Waals surface area contributed by atoms with Gasteiger partial charge < -0.3 is 15.2 Å². The molecule has 1 aromatic carbocycles. The third-order valence-corrected chi connectivity index (χ3v) is 2.06. The summed E-state index contributed by atoms with van der Waals surface area (Å²) in [4.78, 5) is 11.2. The molecule has 0 spiro atoms. The van der Waals surface area contributed by atoms with Crippen molar-refractivity contribution >= 4 is 11.7 Å². The molecule has 0 saturated heterocycles. The second kappa shape index (κ2) is 5.36. The third-order valence-electron chi connectivity index (χ3n) is 2.06. The lowest BCUT2D eigenvalue weighted by molar-refractivity contribution is -0.142. The summed E-state index contributed by atoms with van der Waals surface area (Å²) in [6, 6.07) is 6.84. The van der Waals surface area contributed by atoms with E-state index < -0.39 is 12.0 Å². The van der Waals surface area contributed by atoms with Crippen LogP contribution in [0.5, 0.6) is 0 Å². The minimum Gasteiger partial charge on any atom is -0.467 e. The van der Waals surface area contributed by atoms with E-state index in [-0.39, 0.29) is 6.61 Å². The molecule has 82 valence electrons. The second-order valence-electron chi connectivity index (χ2n) is 3.27. The average molecular weight is 209 g/mol. The van der Waals surface area contributed by atoms with E-state index in [1.807, 2.05) is 31.2 Å². The van der Waals surface area contributed by atoms with E-state index in [9.17, 15) is 4.79 Å². The number of aliphatic hydroxyl groups is 1. The lowest BCUT2D eigenvalue weighted by Crippen LogP contribution is -2.33. The smallest absolute Gasteiger partial charge is 0.330 e. The summed E-state index contributed by atoms with van der Waals surface area (Å²) in [5, 5.41) is 11.9. The zero-order valence-corrected chi connectivity index (χ0v) is 8.86. The maximum absolute atomic E-state index is 11.2. The van der Waals surface area contributed by atoms with Crippen LogP contribution < -0.4 is 5.32 Å². The highest BCUT2D eigenvalue weighted by Gasteiger charge is 2.17. The van der Waals surface area contributed by atoms with Crippen molar-refractivity contribution in [1.29, 1.82) is 0 Å². The van der Waals surface area contributed by atoms with Gasteiger partial charge >= 0.3 is 5.97 Å². The number of aryl methyl sites for hydroxylation is 1. The minimum atomic E-state index is -0.710. The Kier molecular flexibility index (Phi) is 4.12. The van der Waals surface area contributed by atoms with Gasteiger partial charge in [0.05, 0.1) is 13.7 Å². The SMILES string of the molecule is COC(=O)C(CO)Nc1ccc(C)cc1. The lowest BCUT2D eigenvalue weighted by Gasteiger charge is -2.14. The molecule has 1 unspecified atom stereocenters. The van der Waals surface area contributed by atoms with Crippen LogP contribution in [0, 0.1) is 6.92 Å². The summed E-state index contributed by atoms with van der Waals surface area (Å²) in [5.74, 6) is -0.474. The van der Waals surface area contributed by atoms with Crippen molar-refractivity contribution < 1.29 is 14.6 Å². The number of nitrogens with one attached hydrogen (secondary N) is 1. The van der Waals surface area contributed by atoms with Gasteiger partial charge in [-0.15, -0.1) is 0 Å². The van der Waals surface area contributed by atoms with Crippen LogP contribution in [0.4, 0.5) is 5.69 Å². The predicted octanol–water partition coefficient (Wildman–Crippen LogP) is 0.941. The molecular weight excluding hydrogens is 194 g/mol. The molecule has 4 nitrogen and oxygen atoms in total. The number of anilines is 1. The Morgan fingerprint density at radius 3 is 2.53 bits per heavy atom. The fraction of sp³-hybridized carbons (Fsp3) is 0.364. The van der Waals surface area contributed by atoms with E-state index in [1.54, 1.807) is 0 Å². The van der Waals surface area contributed by atoms with E-state index in [2.05, 4.69) is 10.1 Å². The van der Waals surface area contributed by atoms with Crippen LogP contribution in [0.2, 0.25) is 0 Å². The van der Waals surface area contributed by atoms with Gasteiger partial charge in [0.25, 0.3) is 0 Å².